The minimum Gasteiger partial charge on any atom is -0.507 e. The molecule has 0 aliphatic heterocycles. The molecule has 0 spiro atoms. The molecule has 3 aromatic carbocycles. The van der Waals surface area contributed by atoms with E-state index in [-0.39, 0.29) is 18.1 Å². The van der Waals surface area contributed by atoms with Crippen LogP contribution in [0.1, 0.15) is 24.5 Å². The molecule has 0 heterocycles. The minimum absolute atomic E-state index is 0.115. The fraction of sp³-hybridized carbons (Fsp3) is 0.125. The third kappa shape index (κ3) is 5.62. The van der Waals surface area contributed by atoms with Gasteiger partial charge in [0.1, 0.15) is 5.75 Å². The van der Waals surface area contributed by atoms with Gasteiger partial charge in [0.15, 0.2) is 0 Å². The smallest absolute Gasteiger partial charge is 0.230 e. The van der Waals surface area contributed by atoms with Crippen molar-refractivity contribution in [3.8, 4) is 5.75 Å². The number of aromatic hydroxyl groups is 1. The molecule has 0 radical (unpaired) electrons. The van der Waals surface area contributed by atoms with Crippen molar-refractivity contribution in [3.63, 3.8) is 0 Å². The summed E-state index contributed by atoms with van der Waals surface area (Å²) >= 11 is 0. The van der Waals surface area contributed by atoms with Crippen molar-refractivity contribution in [1.29, 1.82) is 0 Å². The lowest BCUT2D eigenvalue weighted by molar-refractivity contribution is -0.115. The number of anilines is 1. The minimum atomic E-state index is -0.115. The van der Waals surface area contributed by atoms with Crippen LogP contribution >= 0.6 is 0 Å². The second kappa shape index (κ2) is 9.46. The van der Waals surface area contributed by atoms with E-state index in [9.17, 15) is 9.90 Å². The summed E-state index contributed by atoms with van der Waals surface area (Å²) in [5.41, 5.74) is 4.45. The van der Waals surface area contributed by atoms with Gasteiger partial charge in [0.2, 0.25) is 5.91 Å². The fourth-order valence-electron chi connectivity index (χ4n) is 2.79. The van der Waals surface area contributed by atoms with Crippen molar-refractivity contribution in [2.24, 2.45) is 9.98 Å². The van der Waals surface area contributed by atoms with Gasteiger partial charge in [-0.25, -0.2) is 0 Å². The number of phenols is 1. The number of aryl methyl sites for hydroxylation is 1. The highest BCUT2D eigenvalue weighted by molar-refractivity contribution is 6.06. The molecule has 0 saturated heterocycles. The van der Waals surface area contributed by atoms with Crippen molar-refractivity contribution in [3.05, 3.63) is 83.9 Å². The number of carbonyl (C=O) groups is 1. The largest absolute Gasteiger partial charge is 0.507 e. The zero-order valence-electron chi connectivity index (χ0n) is 16.5. The summed E-state index contributed by atoms with van der Waals surface area (Å²) in [6.07, 6.45) is 1.79. The Hall–Kier alpha value is -3.73. The Morgan fingerprint density at radius 1 is 0.966 bits per heavy atom. The number of hydrogen-bond donors (Lipinski definition) is 2. The number of amides is 1. The maximum Gasteiger partial charge on any atom is 0.230 e. The van der Waals surface area contributed by atoms with E-state index >= 15 is 0 Å². The first kappa shape index (κ1) is 20.0. The zero-order chi connectivity index (χ0) is 20.6. The topological polar surface area (TPSA) is 74.0 Å². The van der Waals surface area contributed by atoms with Crippen molar-refractivity contribution in [2.45, 2.75) is 20.3 Å². The van der Waals surface area contributed by atoms with Crippen LogP contribution in [0.2, 0.25) is 0 Å². The molecule has 3 rings (SSSR count). The summed E-state index contributed by atoms with van der Waals surface area (Å²) in [6.45, 7) is 3.77. The van der Waals surface area contributed by atoms with Crippen LogP contribution in [-0.2, 0) is 4.79 Å². The van der Waals surface area contributed by atoms with Crippen LogP contribution in [0.5, 0.6) is 5.75 Å². The standard InChI is InChI=1S/C24H23N3O2/c1-17-9-3-5-11-20(17)27-24(29)15-18(2)26-22-13-7-6-12-21(22)25-16-19-10-4-8-14-23(19)28/h3-14,16,28H,15H2,1-2H3,(H,27,29). The number of benzene rings is 3. The Bertz CT molecular complexity index is 1070. The maximum absolute atomic E-state index is 12.3. The quantitative estimate of drug-likeness (QED) is 0.544. The van der Waals surface area contributed by atoms with Gasteiger partial charge in [0.05, 0.1) is 17.8 Å². The number of hydrogen-bond acceptors (Lipinski definition) is 4. The third-order valence-electron chi connectivity index (χ3n) is 4.31. The molecule has 5 nitrogen and oxygen atoms in total. The van der Waals surface area contributed by atoms with Crippen molar-refractivity contribution in [1.82, 2.24) is 0 Å². The predicted octanol–water partition coefficient (Wildman–Crippen LogP) is 5.57. The van der Waals surface area contributed by atoms with E-state index in [0.29, 0.717) is 22.6 Å². The van der Waals surface area contributed by atoms with Crippen LogP contribution in [0.25, 0.3) is 0 Å². The number of phenolic OH excluding ortho intramolecular Hbond substituents is 1. The first-order valence-corrected chi connectivity index (χ1v) is 9.33. The molecule has 0 saturated carbocycles. The number of nitrogens with zero attached hydrogens (tertiary/aromatic N) is 2. The first-order valence-electron chi connectivity index (χ1n) is 9.33. The molecular weight excluding hydrogens is 362 g/mol. The molecule has 2 N–H and O–H groups in total. The van der Waals surface area contributed by atoms with Crippen molar-refractivity contribution in [2.75, 3.05) is 5.32 Å². The SMILES string of the molecule is CC(CC(=O)Nc1ccccc1C)=Nc1ccccc1N=Cc1ccccc1O. The van der Waals surface area contributed by atoms with Gasteiger partial charge in [-0.2, -0.15) is 0 Å². The molecule has 0 unspecified atom stereocenters. The van der Waals surface area contributed by atoms with Gasteiger partial charge >= 0.3 is 0 Å². The number of nitrogens with one attached hydrogen (secondary N) is 1. The summed E-state index contributed by atoms with van der Waals surface area (Å²) in [4.78, 5) is 21.4. The van der Waals surface area contributed by atoms with E-state index in [1.54, 1.807) is 24.4 Å². The molecule has 29 heavy (non-hydrogen) atoms. The highest BCUT2D eigenvalue weighted by atomic mass is 16.3. The van der Waals surface area contributed by atoms with Gasteiger partial charge < -0.3 is 10.4 Å². The molecule has 0 aromatic heterocycles. The first-order chi connectivity index (χ1) is 14.0. The molecule has 3 aromatic rings. The van der Waals surface area contributed by atoms with Gasteiger partial charge in [0, 0.05) is 23.2 Å². The molecular formula is C24H23N3O2. The van der Waals surface area contributed by atoms with Gasteiger partial charge in [-0.05, 0) is 49.7 Å². The third-order valence-corrected chi connectivity index (χ3v) is 4.31. The van der Waals surface area contributed by atoms with E-state index < -0.39 is 0 Å². The lowest BCUT2D eigenvalue weighted by atomic mass is 10.2. The lowest BCUT2D eigenvalue weighted by Gasteiger charge is -2.08. The van der Waals surface area contributed by atoms with E-state index in [2.05, 4.69) is 15.3 Å². The average Bonchev–Trinajstić information content (AvgIpc) is 2.70. The molecule has 5 heteroatoms. The van der Waals surface area contributed by atoms with Crippen LogP contribution in [-0.4, -0.2) is 22.9 Å². The van der Waals surface area contributed by atoms with Crippen molar-refractivity contribution < 1.29 is 9.90 Å². The molecule has 146 valence electrons. The van der Waals surface area contributed by atoms with Crippen LogP contribution in [0.15, 0.2) is 82.8 Å². The van der Waals surface area contributed by atoms with Crippen LogP contribution < -0.4 is 5.32 Å². The fourth-order valence-corrected chi connectivity index (χ4v) is 2.79. The Balaban J connectivity index is 1.73. The molecule has 0 bridgehead atoms. The summed E-state index contributed by atoms with van der Waals surface area (Å²) in [6, 6.07) is 22.1. The summed E-state index contributed by atoms with van der Waals surface area (Å²) in [7, 11) is 0. The van der Waals surface area contributed by atoms with Crippen molar-refractivity contribution >= 4 is 34.9 Å². The van der Waals surface area contributed by atoms with Gasteiger partial charge in [0.25, 0.3) is 0 Å². The Labute approximate surface area is 170 Å². The predicted molar refractivity (Wildman–Crippen MR) is 119 cm³/mol. The average molecular weight is 385 g/mol. The highest BCUT2D eigenvalue weighted by Crippen LogP contribution is 2.28. The Morgan fingerprint density at radius 3 is 2.38 bits per heavy atom. The summed E-state index contributed by atoms with van der Waals surface area (Å²) in [5, 5.41) is 12.8. The number of para-hydroxylation sites is 4. The lowest BCUT2D eigenvalue weighted by Crippen LogP contribution is -2.15. The van der Waals surface area contributed by atoms with Gasteiger partial charge in [-0.3, -0.25) is 14.8 Å². The number of rotatable bonds is 6. The van der Waals surface area contributed by atoms with E-state index in [0.717, 1.165) is 11.3 Å². The second-order valence-corrected chi connectivity index (χ2v) is 6.69. The van der Waals surface area contributed by atoms with Gasteiger partial charge in [-0.15, -0.1) is 0 Å². The molecule has 0 atom stereocenters. The zero-order valence-corrected chi connectivity index (χ0v) is 16.5. The number of carbonyl (C=O) groups excluding carboxylic acids is 1. The van der Waals surface area contributed by atoms with E-state index in [1.165, 1.54) is 0 Å². The molecule has 1 amide bonds. The van der Waals surface area contributed by atoms with Gasteiger partial charge in [-0.1, -0.05) is 42.5 Å². The van der Waals surface area contributed by atoms with Crippen LogP contribution in [0, 0.1) is 6.92 Å². The van der Waals surface area contributed by atoms with E-state index in [4.69, 9.17) is 0 Å². The Morgan fingerprint density at radius 2 is 1.62 bits per heavy atom. The summed E-state index contributed by atoms with van der Waals surface area (Å²) < 4.78 is 0. The van der Waals surface area contributed by atoms with Crippen LogP contribution in [0.3, 0.4) is 0 Å². The highest BCUT2D eigenvalue weighted by Gasteiger charge is 2.07. The van der Waals surface area contributed by atoms with E-state index in [1.807, 2.05) is 68.4 Å². The maximum atomic E-state index is 12.3. The van der Waals surface area contributed by atoms with Crippen LogP contribution in [0.4, 0.5) is 17.1 Å². The Kier molecular flexibility index (Phi) is 6.53. The molecule has 0 fully saturated rings. The monoisotopic (exact) mass is 385 g/mol. The second-order valence-electron chi connectivity index (χ2n) is 6.69. The number of aliphatic imine (C=N–C) groups is 2. The summed E-state index contributed by atoms with van der Waals surface area (Å²) in [5.74, 6) is 0.0528. The molecule has 0 aliphatic carbocycles. The molecule has 0 aliphatic rings. The normalized spacial score (nSPS) is 11.6.